The van der Waals surface area contributed by atoms with Crippen molar-refractivity contribution in [3.63, 3.8) is 0 Å². The normalized spacial score (nSPS) is 12.5. The second-order valence-corrected chi connectivity index (χ2v) is 13.7. The largest absolute Gasteiger partial charge is 0.350 e. The van der Waals surface area contributed by atoms with Crippen LogP contribution in [0.2, 0.25) is 15.1 Å². The van der Waals surface area contributed by atoms with Gasteiger partial charge in [0.05, 0.1) is 17.0 Å². The summed E-state index contributed by atoms with van der Waals surface area (Å²) in [6.45, 7) is 4.55. The van der Waals surface area contributed by atoms with Gasteiger partial charge in [0.15, 0.2) is 0 Å². The molecular weight excluding hydrogens is 612 g/mol. The number of rotatable bonds is 10. The third-order valence-electron chi connectivity index (χ3n) is 6.03. The van der Waals surface area contributed by atoms with Crippen molar-refractivity contribution in [1.29, 1.82) is 0 Å². The molecular formula is C29H31Cl3FN3O4S. The summed E-state index contributed by atoms with van der Waals surface area (Å²) in [5.41, 5.74) is 0.519. The SMILES string of the molecule is CC(C)(C)NC(=O)[C@@H](Cc1ccccc1)N(Cc1c(Cl)cccc1Cl)C(=O)CN(c1ccc(F)c(Cl)c1)S(C)(=O)=O. The predicted molar refractivity (Wildman–Crippen MR) is 162 cm³/mol. The monoisotopic (exact) mass is 641 g/mol. The van der Waals surface area contributed by atoms with Gasteiger partial charge in [0.2, 0.25) is 21.8 Å². The van der Waals surface area contributed by atoms with Crippen LogP contribution in [0.1, 0.15) is 31.9 Å². The molecule has 12 heteroatoms. The summed E-state index contributed by atoms with van der Waals surface area (Å²) < 4.78 is 40.3. The summed E-state index contributed by atoms with van der Waals surface area (Å²) in [4.78, 5) is 29.1. The first-order valence-electron chi connectivity index (χ1n) is 12.6. The van der Waals surface area contributed by atoms with Crippen molar-refractivity contribution in [2.75, 3.05) is 17.1 Å². The van der Waals surface area contributed by atoms with Crippen molar-refractivity contribution in [2.24, 2.45) is 0 Å². The van der Waals surface area contributed by atoms with Crippen molar-refractivity contribution in [1.82, 2.24) is 10.2 Å². The van der Waals surface area contributed by atoms with Crippen molar-refractivity contribution >= 4 is 62.3 Å². The van der Waals surface area contributed by atoms with Crippen LogP contribution in [0.25, 0.3) is 0 Å². The number of benzene rings is 3. The lowest BCUT2D eigenvalue weighted by molar-refractivity contribution is -0.140. The average molecular weight is 643 g/mol. The van der Waals surface area contributed by atoms with Crippen LogP contribution in [-0.2, 0) is 32.6 Å². The Balaban J connectivity index is 2.13. The molecule has 0 saturated carbocycles. The molecule has 0 heterocycles. The van der Waals surface area contributed by atoms with Gasteiger partial charge >= 0.3 is 0 Å². The number of hydrogen-bond donors (Lipinski definition) is 1. The van der Waals surface area contributed by atoms with Crippen LogP contribution in [0.4, 0.5) is 10.1 Å². The summed E-state index contributed by atoms with van der Waals surface area (Å²) in [5, 5.41) is 3.17. The predicted octanol–water partition coefficient (Wildman–Crippen LogP) is 6.11. The maximum atomic E-state index is 14.1. The molecule has 3 rings (SSSR count). The molecule has 0 aliphatic heterocycles. The molecule has 0 aromatic heterocycles. The first-order chi connectivity index (χ1) is 19.1. The molecule has 3 aromatic rings. The number of anilines is 1. The van der Waals surface area contributed by atoms with Gasteiger partial charge in [-0.05, 0) is 56.7 Å². The Morgan fingerprint density at radius 2 is 1.54 bits per heavy atom. The topological polar surface area (TPSA) is 86.8 Å². The van der Waals surface area contributed by atoms with E-state index >= 15 is 0 Å². The van der Waals surface area contributed by atoms with Crippen LogP contribution >= 0.6 is 34.8 Å². The van der Waals surface area contributed by atoms with Crippen molar-refractivity contribution < 1.29 is 22.4 Å². The lowest BCUT2D eigenvalue weighted by Crippen LogP contribution is -2.56. The molecule has 0 aliphatic rings. The molecule has 7 nitrogen and oxygen atoms in total. The minimum atomic E-state index is -4.05. The zero-order valence-corrected chi connectivity index (χ0v) is 26.1. The zero-order valence-electron chi connectivity index (χ0n) is 23.0. The van der Waals surface area contributed by atoms with E-state index in [-0.39, 0.29) is 33.7 Å². The number of carbonyl (C=O) groups is 2. The zero-order chi connectivity index (χ0) is 30.5. The van der Waals surface area contributed by atoms with Crippen LogP contribution in [0.15, 0.2) is 66.7 Å². The molecule has 0 saturated heterocycles. The van der Waals surface area contributed by atoms with E-state index in [0.29, 0.717) is 5.56 Å². The standard InChI is InChI=1S/C29H31Cl3FN3O4S/c1-29(2,3)34-28(38)26(15-19-9-6-5-7-10-19)35(17-21-22(30)11-8-12-23(21)31)27(37)18-36(41(4,39)40)20-13-14-25(33)24(32)16-20/h5-14,16,26H,15,17-18H2,1-4H3,(H,34,38)/t26-/m1/s1. The van der Waals surface area contributed by atoms with Gasteiger partial charge in [-0.25, -0.2) is 12.8 Å². The molecule has 0 radical (unpaired) electrons. The van der Waals surface area contributed by atoms with Gasteiger partial charge in [-0.15, -0.1) is 0 Å². The Kier molecular flexibility index (Phi) is 10.7. The highest BCUT2D eigenvalue weighted by atomic mass is 35.5. The highest BCUT2D eigenvalue weighted by Crippen LogP contribution is 2.29. The second kappa shape index (κ2) is 13.4. The summed E-state index contributed by atoms with van der Waals surface area (Å²) in [5.74, 6) is -1.91. The van der Waals surface area contributed by atoms with Gasteiger partial charge in [0.1, 0.15) is 18.4 Å². The fraction of sp³-hybridized carbons (Fsp3) is 0.310. The molecule has 220 valence electrons. The fourth-order valence-electron chi connectivity index (χ4n) is 4.11. The van der Waals surface area contributed by atoms with E-state index in [9.17, 15) is 22.4 Å². The second-order valence-electron chi connectivity index (χ2n) is 10.5. The van der Waals surface area contributed by atoms with E-state index in [2.05, 4.69) is 5.32 Å². The lowest BCUT2D eigenvalue weighted by atomic mass is 10.0. The van der Waals surface area contributed by atoms with Gasteiger partial charge in [-0.1, -0.05) is 71.2 Å². The summed E-state index contributed by atoms with van der Waals surface area (Å²) >= 11 is 18.8. The minimum Gasteiger partial charge on any atom is -0.350 e. The molecule has 1 N–H and O–H groups in total. The van der Waals surface area contributed by atoms with Gasteiger partial charge in [0.25, 0.3) is 0 Å². The van der Waals surface area contributed by atoms with Crippen LogP contribution in [-0.4, -0.2) is 49.5 Å². The molecule has 0 fully saturated rings. The maximum absolute atomic E-state index is 14.1. The van der Waals surface area contributed by atoms with Crippen molar-refractivity contribution in [2.45, 2.75) is 45.3 Å². The van der Waals surface area contributed by atoms with Gasteiger partial charge in [-0.2, -0.15) is 0 Å². The minimum absolute atomic E-state index is 0.0123. The Bertz CT molecular complexity index is 1500. The van der Waals surface area contributed by atoms with Gasteiger partial charge in [-0.3, -0.25) is 13.9 Å². The molecule has 0 unspecified atom stereocenters. The third kappa shape index (κ3) is 9.07. The first kappa shape index (κ1) is 32.7. The molecule has 0 aliphatic carbocycles. The number of sulfonamides is 1. The molecule has 0 bridgehead atoms. The summed E-state index contributed by atoms with van der Waals surface area (Å²) in [7, 11) is -4.05. The van der Waals surface area contributed by atoms with Crippen LogP contribution < -0.4 is 9.62 Å². The summed E-state index contributed by atoms with van der Waals surface area (Å²) in [6.07, 6.45) is 1.04. The van der Waals surface area contributed by atoms with E-state index in [0.717, 1.165) is 28.3 Å². The number of carbonyl (C=O) groups excluding carboxylic acids is 2. The molecule has 3 aromatic carbocycles. The first-order valence-corrected chi connectivity index (χ1v) is 15.6. The number of hydrogen-bond acceptors (Lipinski definition) is 4. The van der Waals surface area contributed by atoms with Gasteiger partial charge in [0, 0.05) is 34.1 Å². The van der Waals surface area contributed by atoms with E-state index in [4.69, 9.17) is 34.8 Å². The van der Waals surface area contributed by atoms with E-state index < -0.39 is 45.8 Å². The smallest absolute Gasteiger partial charge is 0.244 e. The highest BCUT2D eigenvalue weighted by Gasteiger charge is 2.35. The molecule has 0 spiro atoms. The third-order valence-corrected chi connectivity index (χ3v) is 8.17. The molecule has 1 atom stereocenters. The van der Waals surface area contributed by atoms with E-state index in [1.54, 1.807) is 18.2 Å². The Labute approximate surface area is 255 Å². The lowest BCUT2D eigenvalue weighted by Gasteiger charge is -2.35. The summed E-state index contributed by atoms with van der Waals surface area (Å²) in [6, 6.07) is 16.2. The van der Waals surface area contributed by atoms with Crippen LogP contribution in [0.5, 0.6) is 0 Å². The van der Waals surface area contributed by atoms with E-state index in [1.165, 1.54) is 11.0 Å². The number of nitrogens with one attached hydrogen (secondary N) is 1. The Morgan fingerprint density at radius 1 is 0.927 bits per heavy atom. The van der Waals surface area contributed by atoms with E-state index in [1.807, 2.05) is 51.1 Å². The van der Waals surface area contributed by atoms with Crippen LogP contribution in [0.3, 0.4) is 0 Å². The number of amides is 2. The molecule has 41 heavy (non-hydrogen) atoms. The Hall–Kier alpha value is -2.85. The molecule has 2 amide bonds. The van der Waals surface area contributed by atoms with Crippen LogP contribution in [0, 0.1) is 5.82 Å². The van der Waals surface area contributed by atoms with Crippen molar-refractivity contribution in [3.8, 4) is 0 Å². The van der Waals surface area contributed by atoms with Crippen molar-refractivity contribution in [3.05, 3.63) is 98.7 Å². The fourth-order valence-corrected chi connectivity index (χ4v) is 5.65. The Morgan fingerprint density at radius 3 is 2.07 bits per heavy atom. The quantitative estimate of drug-likeness (QED) is 0.289. The number of halogens is 4. The van der Waals surface area contributed by atoms with Gasteiger partial charge < -0.3 is 10.2 Å². The maximum Gasteiger partial charge on any atom is 0.244 e. The highest BCUT2D eigenvalue weighted by molar-refractivity contribution is 7.92. The average Bonchev–Trinajstić information content (AvgIpc) is 2.86. The number of nitrogens with zero attached hydrogens (tertiary/aromatic N) is 2.